The molecule has 1 aliphatic heterocycles. The molecule has 0 saturated carbocycles. The van der Waals surface area contributed by atoms with Crippen LogP contribution in [-0.4, -0.2) is 33.3 Å². The van der Waals surface area contributed by atoms with Crippen LogP contribution in [0.5, 0.6) is 0 Å². The first kappa shape index (κ1) is 14.1. The standard InChI is InChI=1S/C16H17N5O2/c1-10-20-16(23-21-10)15-11(4-7-22-15)8-19-14-3-6-18-13-2-5-17-9-12(13)14/h2-3,5-6,9,11,15H,4,7-8H2,1H3,(H,18,19)/t11-,15-/m1/s1. The molecule has 0 unspecified atom stereocenters. The summed E-state index contributed by atoms with van der Waals surface area (Å²) in [5.74, 6) is 1.48. The van der Waals surface area contributed by atoms with Crippen LogP contribution in [0.3, 0.4) is 0 Å². The second-order valence-electron chi connectivity index (χ2n) is 5.65. The van der Waals surface area contributed by atoms with Gasteiger partial charge in [0.05, 0.1) is 5.52 Å². The van der Waals surface area contributed by atoms with Crippen LogP contribution in [-0.2, 0) is 4.74 Å². The highest BCUT2D eigenvalue weighted by Gasteiger charge is 2.33. The fraction of sp³-hybridized carbons (Fsp3) is 0.375. The number of rotatable bonds is 4. The molecule has 3 aromatic rings. The van der Waals surface area contributed by atoms with Crippen LogP contribution < -0.4 is 5.32 Å². The molecule has 0 aromatic carbocycles. The van der Waals surface area contributed by atoms with E-state index in [1.165, 1.54) is 0 Å². The second kappa shape index (κ2) is 5.92. The molecule has 1 fully saturated rings. The molecule has 4 heterocycles. The van der Waals surface area contributed by atoms with E-state index in [0.29, 0.717) is 18.3 Å². The minimum Gasteiger partial charge on any atom is -0.384 e. The Morgan fingerprint density at radius 3 is 3.13 bits per heavy atom. The van der Waals surface area contributed by atoms with Gasteiger partial charge in [0.1, 0.15) is 6.10 Å². The lowest BCUT2D eigenvalue weighted by Crippen LogP contribution is -2.18. The zero-order valence-electron chi connectivity index (χ0n) is 12.8. The van der Waals surface area contributed by atoms with Crippen molar-refractivity contribution < 1.29 is 9.26 Å². The van der Waals surface area contributed by atoms with Crippen molar-refractivity contribution in [2.24, 2.45) is 5.92 Å². The van der Waals surface area contributed by atoms with Crippen molar-refractivity contribution in [2.75, 3.05) is 18.5 Å². The molecule has 7 heteroatoms. The number of pyridine rings is 2. The number of nitrogens with one attached hydrogen (secondary N) is 1. The van der Waals surface area contributed by atoms with Gasteiger partial charge in [0.15, 0.2) is 5.82 Å². The Labute approximate surface area is 133 Å². The van der Waals surface area contributed by atoms with E-state index in [9.17, 15) is 0 Å². The highest BCUT2D eigenvalue weighted by atomic mass is 16.5. The predicted octanol–water partition coefficient (Wildman–Crippen LogP) is 2.51. The lowest BCUT2D eigenvalue weighted by molar-refractivity contribution is 0.0650. The summed E-state index contributed by atoms with van der Waals surface area (Å²) in [4.78, 5) is 12.8. The molecule has 2 atom stereocenters. The number of hydrogen-bond acceptors (Lipinski definition) is 7. The maximum atomic E-state index is 5.78. The molecule has 0 spiro atoms. The van der Waals surface area contributed by atoms with Crippen molar-refractivity contribution >= 4 is 16.6 Å². The van der Waals surface area contributed by atoms with E-state index >= 15 is 0 Å². The molecule has 0 bridgehead atoms. The minimum absolute atomic E-state index is 0.144. The summed E-state index contributed by atoms with van der Waals surface area (Å²) in [5.41, 5.74) is 1.95. The van der Waals surface area contributed by atoms with Crippen LogP contribution in [0.2, 0.25) is 0 Å². The molecule has 23 heavy (non-hydrogen) atoms. The van der Waals surface area contributed by atoms with E-state index in [-0.39, 0.29) is 12.0 Å². The first-order valence-electron chi connectivity index (χ1n) is 7.65. The third-order valence-corrected chi connectivity index (χ3v) is 4.10. The van der Waals surface area contributed by atoms with Crippen LogP contribution >= 0.6 is 0 Å². The fourth-order valence-electron chi connectivity index (χ4n) is 2.93. The van der Waals surface area contributed by atoms with Crippen LogP contribution in [0, 0.1) is 12.8 Å². The van der Waals surface area contributed by atoms with Gasteiger partial charge in [0, 0.05) is 48.7 Å². The first-order valence-corrected chi connectivity index (χ1v) is 7.65. The molecular weight excluding hydrogens is 294 g/mol. The molecule has 1 aliphatic rings. The lowest BCUT2D eigenvalue weighted by atomic mass is 10.0. The SMILES string of the molecule is Cc1noc([C@@H]2OCC[C@@H]2CNc2ccnc3ccncc23)n1. The summed E-state index contributed by atoms with van der Waals surface area (Å²) in [5, 5.41) is 8.35. The van der Waals surface area contributed by atoms with E-state index in [4.69, 9.17) is 9.26 Å². The van der Waals surface area contributed by atoms with E-state index < -0.39 is 0 Å². The Morgan fingerprint density at radius 1 is 1.30 bits per heavy atom. The van der Waals surface area contributed by atoms with E-state index in [0.717, 1.165) is 29.6 Å². The average Bonchev–Trinajstić information content (AvgIpc) is 3.21. The van der Waals surface area contributed by atoms with Crippen molar-refractivity contribution in [3.05, 3.63) is 42.4 Å². The van der Waals surface area contributed by atoms with Crippen molar-refractivity contribution in [1.29, 1.82) is 0 Å². The summed E-state index contributed by atoms with van der Waals surface area (Å²) in [6.45, 7) is 3.28. The Kier molecular flexibility index (Phi) is 3.63. The van der Waals surface area contributed by atoms with Gasteiger partial charge in [-0.15, -0.1) is 0 Å². The molecule has 0 radical (unpaired) electrons. The Morgan fingerprint density at radius 2 is 2.26 bits per heavy atom. The smallest absolute Gasteiger partial charge is 0.256 e. The molecule has 1 N–H and O–H groups in total. The van der Waals surface area contributed by atoms with Crippen LogP contribution in [0.25, 0.3) is 10.9 Å². The molecule has 118 valence electrons. The molecule has 7 nitrogen and oxygen atoms in total. The quantitative estimate of drug-likeness (QED) is 0.792. The summed E-state index contributed by atoms with van der Waals surface area (Å²) >= 11 is 0. The minimum atomic E-state index is -0.144. The van der Waals surface area contributed by atoms with E-state index in [1.807, 2.05) is 25.3 Å². The molecule has 3 aromatic heterocycles. The van der Waals surface area contributed by atoms with Gasteiger partial charge in [-0.1, -0.05) is 5.16 Å². The van der Waals surface area contributed by atoms with Crippen molar-refractivity contribution in [3.8, 4) is 0 Å². The number of anilines is 1. The first-order chi connectivity index (χ1) is 11.3. The normalized spacial score (nSPS) is 20.9. The van der Waals surface area contributed by atoms with Crippen LogP contribution in [0.4, 0.5) is 5.69 Å². The third-order valence-electron chi connectivity index (χ3n) is 4.10. The van der Waals surface area contributed by atoms with Gasteiger partial charge in [0.25, 0.3) is 5.89 Å². The topological polar surface area (TPSA) is 86.0 Å². The van der Waals surface area contributed by atoms with Crippen molar-refractivity contribution in [1.82, 2.24) is 20.1 Å². The van der Waals surface area contributed by atoms with Gasteiger partial charge in [-0.05, 0) is 25.5 Å². The van der Waals surface area contributed by atoms with Crippen LogP contribution in [0.15, 0.2) is 35.2 Å². The predicted molar refractivity (Wildman–Crippen MR) is 83.9 cm³/mol. The number of hydrogen-bond donors (Lipinski definition) is 1. The Hall–Kier alpha value is -2.54. The third kappa shape index (κ3) is 2.75. The van der Waals surface area contributed by atoms with Gasteiger partial charge in [-0.3, -0.25) is 9.97 Å². The number of fused-ring (bicyclic) bond motifs is 1. The summed E-state index contributed by atoms with van der Waals surface area (Å²) in [6, 6.07) is 3.87. The van der Waals surface area contributed by atoms with E-state index in [1.54, 1.807) is 12.4 Å². The van der Waals surface area contributed by atoms with Crippen molar-refractivity contribution in [3.63, 3.8) is 0 Å². The van der Waals surface area contributed by atoms with Gasteiger partial charge in [-0.25, -0.2) is 0 Å². The van der Waals surface area contributed by atoms with Gasteiger partial charge in [0.2, 0.25) is 0 Å². The molecule has 4 rings (SSSR count). The summed E-state index contributed by atoms with van der Waals surface area (Å²) < 4.78 is 11.0. The molecule has 0 aliphatic carbocycles. The fourth-order valence-corrected chi connectivity index (χ4v) is 2.93. The van der Waals surface area contributed by atoms with E-state index in [2.05, 4.69) is 25.4 Å². The highest BCUT2D eigenvalue weighted by Crippen LogP contribution is 2.34. The maximum Gasteiger partial charge on any atom is 0.256 e. The van der Waals surface area contributed by atoms with Gasteiger partial charge in [-0.2, -0.15) is 4.98 Å². The molecule has 0 amide bonds. The number of ether oxygens (including phenoxy) is 1. The monoisotopic (exact) mass is 311 g/mol. The number of aromatic nitrogens is 4. The van der Waals surface area contributed by atoms with Crippen LogP contribution in [0.1, 0.15) is 24.2 Å². The molecule has 1 saturated heterocycles. The average molecular weight is 311 g/mol. The van der Waals surface area contributed by atoms with Gasteiger partial charge >= 0.3 is 0 Å². The second-order valence-corrected chi connectivity index (χ2v) is 5.65. The summed E-state index contributed by atoms with van der Waals surface area (Å²) in [6.07, 6.45) is 6.19. The van der Waals surface area contributed by atoms with Crippen molar-refractivity contribution in [2.45, 2.75) is 19.4 Å². The number of aryl methyl sites for hydroxylation is 1. The number of nitrogens with zero attached hydrogens (tertiary/aromatic N) is 4. The zero-order valence-corrected chi connectivity index (χ0v) is 12.8. The highest BCUT2D eigenvalue weighted by molar-refractivity contribution is 5.90. The zero-order chi connectivity index (χ0) is 15.6. The lowest BCUT2D eigenvalue weighted by Gasteiger charge is -2.17. The Bertz CT molecular complexity index is 814. The summed E-state index contributed by atoms with van der Waals surface area (Å²) in [7, 11) is 0. The van der Waals surface area contributed by atoms with Gasteiger partial charge < -0.3 is 14.6 Å². The molecular formula is C16H17N5O2. The largest absolute Gasteiger partial charge is 0.384 e. The Balaban J connectivity index is 1.51. The maximum absolute atomic E-state index is 5.78.